The Morgan fingerprint density at radius 1 is 0.435 bits per heavy atom. The highest BCUT2D eigenvalue weighted by Gasteiger charge is 1.88. The average molecular weight is 625 g/mol. The van der Waals surface area contributed by atoms with Crippen LogP contribution in [0.1, 0.15) is 0 Å². The van der Waals surface area contributed by atoms with Crippen LogP contribution in [0.15, 0.2) is 0 Å². The second-order valence-corrected chi connectivity index (χ2v) is 7.31. The molecule has 0 bridgehead atoms. The van der Waals surface area contributed by atoms with Crippen LogP contribution in [0.4, 0.5) is 0 Å². The summed E-state index contributed by atoms with van der Waals surface area (Å²) < 4.78 is 0. The Labute approximate surface area is 208 Å². The van der Waals surface area contributed by atoms with E-state index in [0.29, 0.717) is 0 Å². The highest BCUT2D eigenvalue weighted by molar-refractivity contribution is 6.44. The van der Waals surface area contributed by atoms with E-state index in [2.05, 4.69) is 0 Å². The summed E-state index contributed by atoms with van der Waals surface area (Å²) in [5.41, 5.74) is 0. The highest BCUT2D eigenvalue weighted by atomic mass is 35.6. The van der Waals surface area contributed by atoms with Crippen molar-refractivity contribution in [3.05, 3.63) is 0 Å². The third-order valence-corrected chi connectivity index (χ3v) is 0.414. The molecule has 152 valence electrons. The van der Waals surface area contributed by atoms with Crippen LogP contribution in [0, 0.1) is 0 Å². The monoisotopic (exact) mass is 618 g/mol. The van der Waals surface area contributed by atoms with Crippen LogP contribution >= 0.6 is 162 Å². The minimum Gasteiger partial charge on any atom is -0.394 e. The minimum atomic E-state index is -0.616. The Balaban J connectivity index is -0.0000000263. The summed E-state index contributed by atoms with van der Waals surface area (Å²) >= 11 is 67.1. The van der Waals surface area contributed by atoms with Gasteiger partial charge in [-0.25, -0.2) is 0 Å². The fraction of sp³-hybridized carbons (Fsp3) is 1.00. The number of hydrogen-bond acceptors (Lipinski definition) is 1. The number of alkyl halides is 14. The van der Waals surface area contributed by atoms with Gasteiger partial charge in [0.2, 0.25) is 0 Å². The SMILES string of the molecule is ClCCl.ClCCl.ClCCl.ClCCl.ClCCl.ClCCl.OCC(Cl)Cl. The Bertz CT molecular complexity index is 75.7. The number of rotatable bonds is 1. The predicted octanol–water partition coefficient (Wildman–Crippen LogP) is 9.31. The van der Waals surface area contributed by atoms with Gasteiger partial charge in [-0.3, -0.25) is 0 Å². The lowest BCUT2D eigenvalue weighted by molar-refractivity contribution is 0.313. The van der Waals surface area contributed by atoms with E-state index in [4.69, 9.17) is 168 Å². The van der Waals surface area contributed by atoms with E-state index in [1.54, 1.807) is 0 Å². The largest absolute Gasteiger partial charge is 0.394 e. The normalized spacial score (nSPS) is 6.78. The van der Waals surface area contributed by atoms with E-state index >= 15 is 0 Å². The molecule has 0 spiro atoms. The van der Waals surface area contributed by atoms with Gasteiger partial charge in [-0.1, -0.05) is 0 Å². The topological polar surface area (TPSA) is 20.2 Å². The van der Waals surface area contributed by atoms with Crippen molar-refractivity contribution in [3.8, 4) is 0 Å². The number of aliphatic hydroxyl groups is 1. The molecule has 0 heterocycles. The first-order valence-corrected chi connectivity index (χ1v) is 11.7. The first-order chi connectivity index (χ1) is 10.8. The van der Waals surface area contributed by atoms with Crippen molar-refractivity contribution in [3.63, 3.8) is 0 Å². The fourth-order valence-electron chi connectivity index (χ4n) is 0. The maximum atomic E-state index is 7.88. The molecule has 0 radical (unpaired) electrons. The molecule has 0 aliphatic carbocycles. The lowest BCUT2D eigenvalue weighted by atomic mass is 10.9. The summed E-state index contributed by atoms with van der Waals surface area (Å²) in [6, 6.07) is 0. The summed E-state index contributed by atoms with van der Waals surface area (Å²) in [4.78, 5) is -0.616. The number of aliphatic hydroxyl groups excluding tert-OH is 1. The van der Waals surface area contributed by atoms with E-state index in [1.165, 1.54) is 0 Å². The van der Waals surface area contributed by atoms with E-state index in [0.717, 1.165) is 0 Å². The molecular weight excluding hydrogens is 608 g/mol. The molecule has 0 aromatic heterocycles. The van der Waals surface area contributed by atoms with Gasteiger partial charge >= 0.3 is 0 Å². The van der Waals surface area contributed by atoms with Gasteiger partial charge in [0, 0.05) is 0 Å². The van der Waals surface area contributed by atoms with E-state index in [1.807, 2.05) is 0 Å². The molecule has 0 saturated heterocycles. The molecule has 15 heteroatoms. The molecule has 0 aliphatic rings. The van der Waals surface area contributed by atoms with Crippen LogP contribution < -0.4 is 0 Å². The van der Waals surface area contributed by atoms with Crippen LogP contribution in [0.2, 0.25) is 0 Å². The maximum Gasteiger partial charge on any atom is 0.130 e. The van der Waals surface area contributed by atoms with E-state index < -0.39 is 4.84 Å². The smallest absolute Gasteiger partial charge is 0.130 e. The predicted molar refractivity (Wildman–Crippen MR) is 122 cm³/mol. The maximum absolute atomic E-state index is 7.88. The summed E-state index contributed by atoms with van der Waals surface area (Å²) in [6.07, 6.45) is 0. The van der Waals surface area contributed by atoms with E-state index in [-0.39, 0.29) is 38.6 Å². The molecule has 0 aliphatic heterocycles. The van der Waals surface area contributed by atoms with Crippen molar-refractivity contribution >= 4 is 162 Å². The summed E-state index contributed by atoms with van der Waals surface area (Å²) in [6.45, 7) is -0.164. The van der Waals surface area contributed by atoms with Gasteiger partial charge in [0.15, 0.2) is 0 Å². The summed E-state index contributed by atoms with van der Waals surface area (Å²) in [5.74, 6) is 0. The van der Waals surface area contributed by atoms with Crippen LogP contribution in [0.5, 0.6) is 0 Å². The number of hydrogen-bond donors (Lipinski definition) is 1. The quantitative estimate of drug-likeness (QED) is 0.289. The first-order valence-electron chi connectivity index (χ1n) is 4.37. The van der Waals surface area contributed by atoms with Gasteiger partial charge in [0.25, 0.3) is 0 Å². The average Bonchev–Trinajstić information content (AvgIpc) is 2.44. The zero-order valence-electron chi connectivity index (χ0n) is 11.3. The molecule has 0 unspecified atom stereocenters. The second-order valence-electron chi connectivity index (χ2n) is 1.18. The zero-order valence-corrected chi connectivity index (χ0v) is 21.8. The third kappa shape index (κ3) is 414. The molecule has 0 atom stereocenters. The van der Waals surface area contributed by atoms with Gasteiger partial charge in [-0.05, 0) is 0 Å². The molecule has 0 aromatic rings. The van der Waals surface area contributed by atoms with Gasteiger partial charge in [0.05, 0.1) is 38.6 Å². The van der Waals surface area contributed by atoms with Crippen LogP contribution in [-0.2, 0) is 0 Å². The van der Waals surface area contributed by atoms with Crippen molar-refractivity contribution in [1.82, 2.24) is 0 Å². The van der Waals surface area contributed by atoms with Crippen molar-refractivity contribution in [2.45, 2.75) is 4.84 Å². The molecule has 0 aromatic carbocycles. The first kappa shape index (κ1) is 45.6. The van der Waals surface area contributed by atoms with Crippen molar-refractivity contribution < 1.29 is 5.11 Å². The van der Waals surface area contributed by atoms with E-state index in [9.17, 15) is 0 Å². The third-order valence-electron chi connectivity index (χ3n) is 0.138. The van der Waals surface area contributed by atoms with Gasteiger partial charge < -0.3 is 5.11 Å². The Morgan fingerprint density at radius 2 is 0.478 bits per heavy atom. The summed E-state index contributed by atoms with van der Waals surface area (Å²) in [5, 5.41) is 9.05. The summed E-state index contributed by atoms with van der Waals surface area (Å²) in [7, 11) is 0. The van der Waals surface area contributed by atoms with Gasteiger partial charge in [-0.2, -0.15) is 0 Å². The second kappa shape index (κ2) is 82.9. The van der Waals surface area contributed by atoms with Crippen LogP contribution in [-0.4, -0.2) is 48.6 Å². The zero-order chi connectivity index (χ0) is 20.5. The molecule has 1 nitrogen and oxygen atoms in total. The highest BCUT2D eigenvalue weighted by Crippen LogP contribution is 1.96. The molecule has 1 N–H and O–H groups in total. The molecular formula is C8H16Cl14O. The number of halogens is 14. The molecule has 0 amide bonds. The van der Waals surface area contributed by atoms with Gasteiger partial charge in [0.1, 0.15) is 4.84 Å². The molecule has 0 fully saturated rings. The minimum absolute atomic E-state index is 0.164. The van der Waals surface area contributed by atoms with Crippen molar-refractivity contribution in [2.24, 2.45) is 0 Å². The van der Waals surface area contributed by atoms with Crippen molar-refractivity contribution in [1.29, 1.82) is 0 Å². The van der Waals surface area contributed by atoms with Gasteiger partial charge in [-0.15, -0.1) is 162 Å². The fourth-order valence-corrected chi connectivity index (χ4v) is 0. The Kier molecular flexibility index (Phi) is 164. The lowest BCUT2D eigenvalue weighted by Gasteiger charge is -1.84. The van der Waals surface area contributed by atoms with Crippen LogP contribution in [0.25, 0.3) is 0 Å². The lowest BCUT2D eigenvalue weighted by Crippen LogP contribution is -1.90. The Hall–Kier alpha value is 4.02. The molecule has 0 saturated carbocycles. The standard InChI is InChI=1S/C2H4Cl2O.6CH2Cl2/c3-2(4)1-5;6*2-1-3/h2,5H,1H2;6*1H2. The molecule has 0 rings (SSSR count). The molecule has 23 heavy (non-hydrogen) atoms. The van der Waals surface area contributed by atoms with Crippen LogP contribution in [0.3, 0.4) is 0 Å². The van der Waals surface area contributed by atoms with Crippen molar-refractivity contribution in [2.75, 3.05) is 38.6 Å². The Morgan fingerprint density at radius 3 is 0.478 bits per heavy atom.